The molecule has 3 aromatic rings. The lowest BCUT2D eigenvalue weighted by atomic mass is 10.0. The molecule has 0 aliphatic carbocycles. The molecule has 0 radical (unpaired) electrons. The van der Waals surface area contributed by atoms with Crippen LogP contribution in [0, 0.1) is 0 Å². The molecule has 2 atom stereocenters. The Morgan fingerprint density at radius 3 is 2.13 bits per heavy atom. The molecule has 0 bridgehead atoms. The Bertz CT molecular complexity index is 1010. The fourth-order valence-corrected chi connectivity index (χ4v) is 4.08. The molecule has 0 saturated carbocycles. The van der Waals surface area contributed by atoms with Crippen LogP contribution in [0.3, 0.4) is 0 Å². The highest BCUT2D eigenvalue weighted by atomic mass is 16.5. The predicted molar refractivity (Wildman–Crippen MR) is 119 cm³/mol. The average Bonchev–Trinajstić information content (AvgIpc) is 3.13. The van der Waals surface area contributed by atoms with Crippen molar-refractivity contribution in [3.63, 3.8) is 0 Å². The SMILES string of the molecule is COc1ccc([C@@H]2[C@@H](OCc3ccccc3)CC(=O)N2Cc2ccccc2)cc1OC. The smallest absolute Gasteiger partial charge is 0.226 e. The van der Waals surface area contributed by atoms with E-state index in [0.717, 1.165) is 16.7 Å². The fourth-order valence-electron chi connectivity index (χ4n) is 4.08. The molecule has 5 nitrogen and oxygen atoms in total. The van der Waals surface area contributed by atoms with Gasteiger partial charge in [0.15, 0.2) is 11.5 Å². The van der Waals surface area contributed by atoms with Gasteiger partial charge < -0.3 is 19.1 Å². The van der Waals surface area contributed by atoms with Crippen LogP contribution >= 0.6 is 0 Å². The lowest BCUT2D eigenvalue weighted by molar-refractivity contribution is -0.129. The summed E-state index contributed by atoms with van der Waals surface area (Å²) in [7, 11) is 3.23. The first-order chi connectivity index (χ1) is 15.2. The molecule has 3 aromatic carbocycles. The largest absolute Gasteiger partial charge is 0.493 e. The van der Waals surface area contributed by atoms with Gasteiger partial charge in [-0.05, 0) is 28.8 Å². The van der Waals surface area contributed by atoms with Crippen LogP contribution in [-0.2, 0) is 22.7 Å². The van der Waals surface area contributed by atoms with E-state index in [2.05, 4.69) is 0 Å². The minimum atomic E-state index is -0.255. The lowest BCUT2D eigenvalue weighted by Crippen LogP contribution is -2.30. The Labute approximate surface area is 183 Å². The molecule has 0 unspecified atom stereocenters. The Morgan fingerprint density at radius 1 is 0.839 bits per heavy atom. The van der Waals surface area contributed by atoms with Gasteiger partial charge in [-0.2, -0.15) is 0 Å². The third kappa shape index (κ3) is 4.72. The van der Waals surface area contributed by atoms with Crippen LogP contribution in [0.25, 0.3) is 0 Å². The highest BCUT2D eigenvalue weighted by Crippen LogP contribution is 2.40. The summed E-state index contributed by atoms with van der Waals surface area (Å²) in [5, 5.41) is 0. The first-order valence-electron chi connectivity index (χ1n) is 10.4. The minimum Gasteiger partial charge on any atom is -0.493 e. The number of benzene rings is 3. The van der Waals surface area contributed by atoms with Gasteiger partial charge in [0.05, 0.1) is 39.4 Å². The van der Waals surface area contributed by atoms with Crippen LogP contribution in [0.4, 0.5) is 0 Å². The van der Waals surface area contributed by atoms with Crippen LogP contribution in [0.1, 0.15) is 29.2 Å². The molecule has 1 aliphatic rings. The number of hydrogen-bond acceptors (Lipinski definition) is 4. The minimum absolute atomic E-state index is 0.0849. The second kappa shape index (κ2) is 9.67. The Balaban J connectivity index is 1.64. The molecule has 4 rings (SSSR count). The van der Waals surface area contributed by atoms with Gasteiger partial charge >= 0.3 is 0 Å². The summed E-state index contributed by atoms with van der Waals surface area (Å²) < 4.78 is 17.2. The zero-order chi connectivity index (χ0) is 21.6. The predicted octanol–water partition coefficient (Wildman–Crippen LogP) is 4.76. The molecule has 5 heteroatoms. The van der Waals surface area contributed by atoms with E-state index in [0.29, 0.717) is 31.1 Å². The molecule has 0 N–H and O–H groups in total. The molecular weight excluding hydrogens is 390 g/mol. The van der Waals surface area contributed by atoms with Crippen molar-refractivity contribution < 1.29 is 19.0 Å². The van der Waals surface area contributed by atoms with Crippen LogP contribution in [0.5, 0.6) is 11.5 Å². The van der Waals surface area contributed by atoms with Gasteiger partial charge in [-0.15, -0.1) is 0 Å². The van der Waals surface area contributed by atoms with Crippen molar-refractivity contribution in [3.8, 4) is 11.5 Å². The maximum atomic E-state index is 13.1. The quantitative estimate of drug-likeness (QED) is 0.530. The summed E-state index contributed by atoms with van der Waals surface area (Å²) in [6.45, 7) is 0.992. The van der Waals surface area contributed by atoms with Crippen molar-refractivity contribution in [2.75, 3.05) is 14.2 Å². The van der Waals surface area contributed by atoms with Crippen LogP contribution in [0.2, 0.25) is 0 Å². The van der Waals surface area contributed by atoms with Gasteiger partial charge in [-0.1, -0.05) is 66.7 Å². The van der Waals surface area contributed by atoms with Gasteiger partial charge in [0.1, 0.15) is 0 Å². The first kappa shape index (κ1) is 20.9. The number of ether oxygens (including phenoxy) is 3. The van der Waals surface area contributed by atoms with Crippen LogP contribution in [0.15, 0.2) is 78.9 Å². The number of likely N-dealkylation sites (tertiary alicyclic amines) is 1. The zero-order valence-corrected chi connectivity index (χ0v) is 17.9. The van der Waals surface area contributed by atoms with Crippen LogP contribution < -0.4 is 9.47 Å². The van der Waals surface area contributed by atoms with E-state index in [1.165, 1.54) is 0 Å². The summed E-state index contributed by atoms with van der Waals surface area (Å²) in [6.07, 6.45) is 0.0908. The van der Waals surface area contributed by atoms with E-state index in [4.69, 9.17) is 14.2 Å². The van der Waals surface area contributed by atoms with Crippen molar-refractivity contribution in [2.24, 2.45) is 0 Å². The first-order valence-corrected chi connectivity index (χ1v) is 10.4. The maximum absolute atomic E-state index is 13.1. The van der Waals surface area contributed by atoms with Crippen molar-refractivity contribution in [3.05, 3.63) is 95.6 Å². The van der Waals surface area contributed by atoms with E-state index in [1.807, 2.05) is 83.8 Å². The molecular formula is C26H27NO4. The molecule has 1 heterocycles. The zero-order valence-electron chi connectivity index (χ0n) is 17.9. The average molecular weight is 418 g/mol. The number of rotatable bonds is 8. The van der Waals surface area contributed by atoms with Gasteiger partial charge in [0.2, 0.25) is 5.91 Å². The third-order valence-electron chi connectivity index (χ3n) is 5.64. The van der Waals surface area contributed by atoms with Crippen LogP contribution in [-0.4, -0.2) is 31.1 Å². The molecule has 1 fully saturated rings. The Morgan fingerprint density at radius 2 is 1.48 bits per heavy atom. The van der Waals surface area contributed by atoms with Gasteiger partial charge in [0.25, 0.3) is 0 Å². The summed E-state index contributed by atoms with van der Waals surface area (Å²) >= 11 is 0. The Kier molecular flexibility index (Phi) is 6.53. The van der Waals surface area contributed by atoms with Gasteiger partial charge in [-0.25, -0.2) is 0 Å². The molecule has 160 valence electrons. The summed E-state index contributed by atoms with van der Waals surface area (Å²) in [4.78, 5) is 15.0. The van der Waals surface area contributed by atoms with Gasteiger partial charge in [-0.3, -0.25) is 4.79 Å². The number of hydrogen-bond donors (Lipinski definition) is 0. The van der Waals surface area contributed by atoms with Crippen molar-refractivity contribution in [1.82, 2.24) is 4.90 Å². The van der Waals surface area contributed by atoms with E-state index < -0.39 is 0 Å². The highest BCUT2D eigenvalue weighted by Gasteiger charge is 2.41. The molecule has 0 spiro atoms. The maximum Gasteiger partial charge on any atom is 0.226 e. The number of carbonyl (C=O) groups excluding carboxylic acids is 1. The van der Waals surface area contributed by atoms with E-state index in [-0.39, 0.29) is 18.1 Å². The fraction of sp³-hybridized carbons (Fsp3) is 0.269. The molecule has 31 heavy (non-hydrogen) atoms. The Hall–Kier alpha value is -3.31. The molecule has 1 aliphatic heterocycles. The van der Waals surface area contributed by atoms with E-state index >= 15 is 0 Å². The van der Waals surface area contributed by atoms with Crippen molar-refractivity contribution in [2.45, 2.75) is 31.7 Å². The molecule has 1 amide bonds. The van der Waals surface area contributed by atoms with Gasteiger partial charge in [0, 0.05) is 6.54 Å². The standard InChI is InChI=1S/C26H27NO4/c1-29-22-14-13-21(15-23(22)30-2)26-24(31-18-20-11-7-4-8-12-20)16-25(28)27(26)17-19-9-5-3-6-10-19/h3-15,24,26H,16-18H2,1-2H3/t24-,26+/m0/s1. The number of nitrogens with zero attached hydrogens (tertiary/aromatic N) is 1. The molecule has 0 aromatic heterocycles. The highest BCUT2D eigenvalue weighted by molar-refractivity contribution is 5.80. The summed E-state index contributed by atoms with van der Waals surface area (Å²) in [6, 6.07) is 25.7. The van der Waals surface area contributed by atoms with E-state index in [1.54, 1.807) is 14.2 Å². The monoisotopic (exact) mass is 417 g/mol. The number of methoxy groups -OCH3 is 2. The van der Waals surface area contributed by atoms with Crippen molar-refractivity contribution >= 4 is 5.91 Å². The molecule has 1 saturated heterocycles. The van der Waals surface area contributed by atoms with Crippen molar-refractivity contribution in [1.29, 1.82) is 0 Å². The number of carbonyl (C=O) groups is 1. The topological polar surface area (TPSA) is 48.0 Å². The normalized spacial score (nSPS) is 18.3. The second-order valence-corrected chi connectivity index (χ2v) is 7.61. The number of amides is 1. The second-order valence-electron chi connectivity index (χ2n) is 7.61. The van der Waals surface area contributed by atoms with E-state index in [9.17, 15) is 4.79 Å². The lowest BCUT2D eigenvalue weighted by Gasteiger charge is -2.29. The third-order valence-corrected chi connectivity index (χ3v) is 5.64. The summed E-state index contributed by atoms with van der Waals surface area (Å²) in [5.41, 5.74) is 3.14. The summed E-state index contributed by atoms with van der Waals surface area (Å²) in [5.74, 6) is 1.38.